The van der Waals surface area contributed by atoms with Crippen LogP contribution in [-0.2, 0) is 9.53 Å². The molecule has 6 nitrogen and oxygen atoms in total. The Labute approximate surface area is 148 Å². The van der Waals surface area contributed by atoms with Crippen LogP contribution in [-0.4, -0.2) is 23.2 Å². The van der Waals surface area contributed by atoms with Gasteiger partial charge in [-0.3, -0.25) is 4.52 Å². The fourth-order valence-corrected chi connectivity index (χ4v) is 2.37. The maximum atomic E-state index is 13.8. The van der Waals surface area contributed by atoms with Crippen molar-refractivity contribution in [3.63, 3.8) is 0 Å². The van der Waals surface area contributed by atoms with Gasteiger partial charge in [0.15, 0.2) is 0 Å². The molecule has 0 unspecified atom stereocenters. The molecular formula is C19H15FN2O4. The summed E-state index contributed by atoms with van der Waals surface area (Å²) in [5, 5.41) is 3.73. The Balaban J connectivity index is 1.92. The highest BCUT2D eigenvalue weighted by molar-refractivity contribution is 6.17. The number of esters is 1. The molecule has 0 atom stereocenters. The summed E-state index contributed by atoms with van der Waals surface area (Å²) >= 11 is 0. The molecule has 132 valence electrons. The van der Waals surface area contributed by atoms with E-state index in [4.69, 9.17) is 14.0 Å². The van der Waals surface area contributed by atoms with Crippen LogP contribution in [0.25, 0.3) is 17.0 Å². The van der Waals surface area contributed by atoms with Gasteiger partial charge in [0.05, 0.1) is 18.2 Å². The normalized spacial score (nSPS) is 11.3. The van der Waals surface area contributed by atoms with Crippen molar-refractivity contribution in [2.24, 2.45) is 0 Å². The Hall–Kier alpha value is -3.48. The molecule has 0 N–H and O–H groups in total. The van der Waals surface area contributed by atoms with Crippen LogP contribution in [0.15, 0.2) is 59.1 Å². The van der Waals surface area contributed by atoms with Crippen LogP contribution in [0.5, 0.6) is 11.8 Å². The van der Waals surface area contributed by atoms with Gasteiger partial charge in [0.1, 0.15) is 11.6 Å². The number of halogens is 1. The maximum Gasteiger partial charge on any atom is 0.423 e. The summed E-state index contributed by atoms with van der Waals surface area (Å²) in [5.41, 5.74) is 1.03. The minimum atomic E-state index is -0.499. The third-order valence-corrected chi connectivity index (χ3v) is 3.59. The van der Waals surface area contributed by atoms with E-state index in [1.807, 2.05) is 0 Å². The Morgan fingerprint density at radius 3 is 2.62 bits per heavy atom. The molecule has 0 aliphatic heterocycles. The van der Waals surface area contributed by atoms with E-state index >= 15 is 0 Å². The number of nitrogens with zero attached hydrogens (tertiary/aromatic N) is 2. The molecule has 0 spiro atoms. The van der Waals surface area contributed by atoms with Gasteiger partial charge in [-0.25, -0.2) is 9.18 Å². The summed E-state index contributed by atoms with van der Waals surface area (Å²) in [4.78, 5) is 16.0. The summed E-state index contributed by atoms with van der Waals surface area (Å²) < 4.78 is 29.3. The van der Waals surface area contributed by atoms with Gasteiger partial charge in [-0.15, -0.1) is 0 Å². The van der Waals surface area contributed by atoms with Crippen molar-refractivity contribution in [1.82, 2.24) is 10.1 Å². The second-order valence-corrected chi connectivity index (χ2v) is 5.16. The lowest BCUT2D eigenvalue weighted by molar-refractivity contribution is -0.133. The number of methoxy groups -OCH3 is 1. The molecule has 1 heterocycles. The number of allylic oxidation sites excluding steroid dienone is 1. The largest absolute Gasteiger partial charge is 0.465 e. The summed E-state index contributed by atoms with van der Waals surface area (Å²) in [7, 11) is 1.30. The van der Waals surface area contributed by atoms with Gasteiger partial charge in [0, 0.05) is 5.56 Å². The molecule has 3 rings (SSSR count). The van der Waals surface area contributed by atoms with Crippen molar-refractivity contribution >= 4 is 11.5 Å². The van der Waals surface area contributed by atoms with Crippen LogP contribution in [0, 0.1) is 5.82 Å². The second-order valence-electron chi connectivity index (χ2n) is 5.16. The van der Waals surface area contributed by atoms with Crippen molar-refractivity contribution in [2.75, 3.05) is 7.11 Å². The zero-order valence-corrected chi connectivity index (χ0v) is 14.1. The third-order valence-electron chi connectivity index (χ3n) is 3.59. The van der Waals surface area contributed by atoms with E-state index in [1.54, 1.807) is 49.4 Å². The fraction of sp³-hybridized carbons (Fsp3) is 0.105. The van der Waals surface area contributed by atoms with Gasteiger partial charge in [-0.1, -0.05) is 41.6 Å². The first-order chi connectivity index (χ1) is 12.6. The summed E-state index contributed by atoms with van der Waals surface area (Å²) in [6.07, 6.45) is 1.45. The van der Waals surface area contributed by atoms with Gasteiger partial charge < -0.3 is 9.47 Å². The number of para-hydroxylation sites is 1. The molecule has 0 radical (unpaired) electrons. The monoisotopic (exact) mass is 354 g/mol. The maximum absolute atomic E-state index is 13.8. The Kier molecular flexibility index (Phi) is 5.07. The Bertz CT molecular complexity index is 965. The average molecular weight is 354 g/mol. The Morgan fingerprint density at radius 2 is 1.88 bits per heavy atom. The molecule has 0 saturated heterocycles. The number of aromatic nitrogens is 2. The van der Waals surface area contributed by atoms with Gasteiger partial charge in [0.2, 0.25) is 5.82 Å². The van der Waals surface area contributed by atoms with Crippen LogP contribution < -0.4 is 4.74 Å². The number of benzene rings is 2. The zero-order valence-electron chi connectivity index (χ0n) is 14.1. The van der Waals surface area contributed by atoms with E-state index in [0.29, 0.717) is 16.9 Å². The van der Waals surface area contributed by atoms with E-state index in [0.717, 1.165) is 0 Å². The van der Waals surface area contributed by atoms with Crippen molar-refractivity contribution in [3.8, 4) is 23.2 Å². The molecule has 0 saturated carbocycles. The van der Waals surface area contributed by atoms with Crippen molar-refractivity contribution < 1.29 is 23.2 Å². The molecule has 0 aliphatic rings. The molecule has 0 amide bonds. The predicted octanol–water partition coefficient (Wildman–Crippen LogP) is 4.24. The molecule has 0 fully saturated rings. The van der Waals surface area contributed by atoms with E-state index in [9.17, 15) is 9.18 Å². The highest BCUT2D eigenvalue weighted by Gasteiger charge is 2.19. The number of rotatable bonds is 5. The minimum Gasteiger partial charge on any atom is -0.465 e. The summed E-state index contributed by atoms with van der Waals surface area (Å²) in [6, 6.07) is 12.9. The lowest BCUT2D eigenvalue weighted by Crippen LogP contribution is -2.05. The number of carbonyl (C=O) groups is 1. The van der Waals surface area contributed by atoms with Crippen LogP contribution in [0.2, 0.25) is 0 Å². The molecule has 7 heteroatoms. The van der Waals surface area contributed by atoms with Crippen molar-refractivity contribution in [3.05, 3.63) is 66.0 Å². The first kappa shape index (κ1) is 17.3. The summed E-state index contributed by atoms with van der Waals surface area (Å²) in [5.74, 6) is -0.576. The highest BCUT2D eigenvalue weighted by atomic mass is 19.1. The van der Waals surface area contributed by atoms with E-state index < -0.39 is 11.8 Å². The second kappa shape index (κ2) is 7.60. The first-order valence-corrected chi connectivity index (χ1v) is 7.74. The van der Waals surface area contributed by atoms with Crippen molar-refractivity contribution in [1.29, 1.82) is 0 Å². The van der Waals surface area contributed by atoms with E-state index in [1.165, 1.54) is 19.2 Å². The molecule has 0 aliphatic carbocycles. The van der Waals surface area contributed by atoms with E-state index in [2.05, 4.69) is 10.1 Å². The van der Waals surface area contributed by atoms with E-state index in [-0.39, 0.29) is 17.5 Å². The predicted molar refractivity (Wildman–Crippen MR) is 91.9 cm³/mol. The van der Waals surface area contributed by atoms with Crippen LogP contribution in [0.3, 0.4) is 0 Å². The topological polar surface area (TPSA) is 74.5 Å². The third kappa shape index (κ3) is 3.46. The van der Waals surface area contributed by atoms with Gasteiger partial charge in [-0.2, -0.15) is 4.98 Å². The molecule has 26 heavy (non-hydrogen) atoms. The number of ether oxygens (including phenoxy) is 2. The standard InChI is InChI=1S/C19H15FN2O4/c1-3-12(18(23)24-2)13-8-5-7-11-16(13)25-19-21-17(22-26-19)14-9-4-6-10-15(14)20/h3-11H,1-2H3. The SMILES string of the molecule is CC=C(C(=O)OC)c1ccccc1Oc1nc(-c2ccccc2F)no1. The van der Waals surface area contributed by atoms with Crippen LogP contribution in [0.1, 0.15) is 12.5 Å². The Morgan fingerprint density at radius 1 is 1.15 bits per heavy atom. The van der Waals surface area contributed by atoms with Crippen LogP contribution >= 0.6 is 0 Å². The van der Waals surface area contributed by atoms with Crippen LogP contribution in [0.4, 0.5) is 4.39 Å². The summed E-state index contributed by atoms with van der Waals surface area (Å²) in [6.45, 7) is 1.71. The van der Waals surface area contributed by atoms with Gasteiger partial charge in [0.25, 0.3) is 0 Å². The number of hydrogen-bond acceptors (Lipinski definition) is 6. The number of hydrogen-bond donors (Lipinski definition) is 0. The molecule has 0 bridgehead atoms. The lowest BCUT2D eigenvalue weighted by atomic mass is 10.0. The lowest BCUT2D eigenvalue weighted by Gasteiger charge is -2.09. The molecule has 2 aromatic carbocycles. The molecule has 1 aromatic heterocycles. The fourth-order valence-electron chi connectivity index (χ4n) is 2.37. The quantitative estimate of drug-likeness (QED) is 0.504. The first-order valence-electron chi connectivity index (χ1n) is 7.74. The average Bonchev–Trinajstić information content (AvgIpc) is 3.12. The highest BCUT2D eigenvalue weighted by Crippen LogP contribution is 2.31. The van der Waals surface area contributed by atoms with Gasteiger partial charge in [-0.05, 0) is 25.1 Å². The van der Waals surface area contributed by atoms with Gasteiger partial charge >= 0.3 is 12.0 Å². The smallest absolute Gasteiger partial charge is 0.423 e. The number of carbonyl (C=O) groups excluding carboxylic acids is 1. The zero-order chi connectivity index (χ0) is 18.5. The molecule has 3 aromatic rings. The molecular weight excluding hydrogens is 339 g/mol. The minimum absolute atomic E-state index is 0.0646. The van der Waals surface area contributed by atoms with Crippen molar-refractivity contribution in [2.45, 2.75) is 6.92 Å².